The van der Waals surface area contributed by atoms with Crippen LogP contribution in [-0.2, 0) is 4.74 Å². The molecule has 19 heavy (non-hydrogen) atoms. The van der Waals surface area contributed by atoms with Crippen molar-refractivity contribution in [3.8, 4) is 16.9 Å². The van der Waals surface area contributed by atoms with Crippen LogP contribution in [0, 0.1) is 6.92 Å². The highest BCUT2D eigenvalue weighted by Crippen LogP contribution is 2.35. The molecule has 2 aromatic rings. The second-order valence-corrected chi connectivity index (χ2v) is 4.32. The molecule has 0 aliphatic rings. The van der Waals surface area contributed by atoms with Gasteiger partial charge in [0.1, 0.15) is 5.75 Å². The third kappa shape index (κ3) is 2.52. The number of phenolic OH excluding ortho intramolecular Hbond substituents is 1. The summed E-state index contributed by atoms with van der Waals surface area (Å²) in [5.74, 6) is -0.394. The van der Waals surface area contributed by atoms with E-state index in [0.29, 0.717) is 16.8 Å². The molecule has 0 atom stereocenters. The molecule has 0 heterocycles. The van der Waals surface area contributed by atoms with E-state index in [0.717, 1.165) is 11.1 Å². The highest BCUT2D eigenvalue weighted by atomic mass is 16.5. The SMILES string of the molecule is COC(=O)c1cccc(-c2cc(C)cc(N)c2O)c1. The van der Waals surface area contributed by atoms with E-state index in [4.69, 9.17) is 5.73 Å². The Morgan fingerprint density at radius 2 is 2.00 bits per heavy atom. The van der Waals surface area contributed by atoms with Gasteiger partial charge in [0.05, 0.1) is 18.4 Å². The predicted octanol–water partition coefficient (Wildman–Crippen LogP) is 2.74. The molecule has 2 aromatic carbocycles. The van der Waals surface area contributed by atoms with Gasteiger partial charge in [-0.25, -0.2) is 4.79 Å². The van der Waals surface area contributed by atoms with Gasteiger partial charge in [-0.05, 0) is 42.3 Å². The number of methoxy groups -OCH3 is 1. The smallest absolute Gasteiger partial charge is 0.337 e. The molecule has 0 bridgehead atoms. The molecule has 0 amide bonds. The minimum Gasteiger partial charge on any atom is -0.505 e. The number of benzene rings is 2. The van der Waals surface area contributed by atoms with Gasteiger partial charge in [-0.15, -0.1) is 0 Å². The van der Waals surface area contributed by atoms with Crippen LogP contribution in [0.5, 0.6) is 5.75 Å². The van der Waals surface area contributed by atoms with Crippen molar-refractivity contribution in [2.75, 3.05) is 12.8 Å². The first-order valence-corrected chi connectivity index (χ1v) is 5.80. The number of hydrogen-bond acceptors (Lipinski definition) is 4. The van der Waals surface area contributed by atoms with E-state index in [1.807, 2.05) is 13.0 Å². The minimum atomic E-state index is -0.415. The van der Waals surface area contributed by atoms with Gasteiger partial charge in [0.2, 0.25) is 0 Å². The van der Waals surface area contributed by atoms with Crippen molar-refractivity contribution in [1.82, 2.24) is 0 Å². The van der Waals surface area contributed by atoms with Crippen LogP contribution in [-0.4, -0.2) is 18.2 Å². The summed E-state index contributed by atoms with van der Waals surface area (Å²) in [5, 5.41) is 10.0. The maximum Gasteiger partial charge on any atom is 0.337 e. The first kappa shape index (κ1) is 13.0. The lowest BCUT2D eigenvalue weighted by molar-refractivity contribution is 0.0601. The van der Waals surface area contributed by atoms with Gasteiger partial charge in [-0.3, -0.25) is 0 Å². The van der Waals surface area contributed by atoms with Crippen LogP contribution >= 0.6 is 0 Å². The molecule has 4 heteroatoms. The second kappa shape index (κ2) is 5.02. The molecule has 0 aromatic heterocycles. The monoisotopic (exact) mass is 257 g/mol. The van der Waals surface area contributed by atoms with E-state index in [-0.39, 0.29) is 5.75 Å². The fraction of sp³-hybridized carbons (Fsp3) is 0.133. The summed E-state index contributed by atoms with van der Waals surface area (Å²) in [6.07, 6.45) is 0. The number of hydrogen-bond donors (Lipinski definition) is 2. The van der Waals surface area contributed by atoms with Crippen molar-refractivity contribution < 1.29 is 14.6 Å². The topological polar surface area (TPSA) is 72.5 Å². The van der Waals surface area contributed by atoms with Crippen LogP contribution in [0.3, 0.4) is 0 Å². The number of nitrogen functional groups attached to an aromatic ring is 1. The number of esters is 1. The Labute approximate surface area is 111 Å². The molecule has 0 saturated carbocycles. The van der Waals surface area contributed by atoms with Crippen molar-refractivity contribution in [1.29, 1.82) is 0 Å². The summed E-state index contributed by atoms with van der Waals surface area (Å²) < 4.78 is 4.68. The quantitative estimate of drug-likeness (QED) is 0.493. The Kier molecular flexibility index (Phi) is 3.42. The Hall–Kier alpha value is -2.49. The third-order valence-corrected chi connectivity index (χ3v) is 2.88. The van der Waals surface area contributed by atoms with Crippen molar-refractivity contribution in [2.45, 2.75) is 6.92 Å². The second-order valence-electron chi connectivity index (χ2n) is 4.32. The summed E-state index contributed by atoms with van der Waals surface area (Å²) in [7, 11) is 1.33. The number of ether oxygens (including phenoxy) is 1. The van der Waals surface area contributed by atoms with Crippen molar-refractivity contribution in [3.05, 3.63) is 47.5 Å². The van der Waals surface area contributed by atoms with Crippen molar-refractivity contribution >= 4 is 11.7 Å². The molecule has 4 nitrogen and oxygen atoms in total. The van der Waals surface area contributed by atoms with Crippen LogP contribution < -0.4 is 5.73 Å². The largest absolute Gasteiger partial charge is 0.505 e. The Morgan fingerprint density at radius 1 is 1.26 bits per heavy atom. The van der Waals surface area contributed by atoms with Gasteiger partial charge in [0.15, 0.2) is 0 Å². The molecular weight excluding hydrogens is 242 g/mol. The van der Waals surface area contributed by atoms with Crippen LogP contribution in [0.2, 0.25) is 0 Å². The highest BCUT2D eigenvalue weighted by Gasteiger charge is 2.11. The summed E-state index contributed by atoms with van der Waals surface area (Å²) in [6, 6.07) is 10.4. The van der Waals surface area contributed by atoms with Crippen LogP contribution in [0.15, 0.2) is 36.4 Å². The van der Waals surface area contributed by atoms with Gasteiger partial charge in [-0.1, -0.05) is 12.1 Å². The Balaban J connectivity index is 2.56. The molecular formula is C15H15NO3. The number of anilines is 1. The molecule has 0 unspecified atom stereocenters. The van der Waals surface area contributed by atoms with Gasteiger partial charge in [-0.2, -0.15) is 0 Å². The number of carbonyl (C=O) groups excluding carboxylic acids is 1. The lowest BCUT2D eigenvalue weighted by atomic mass is 9.99. The van der Waals surface area contributed by atoms with E-state index in [2.05, 4.69) is 4.74 Å². The van der Waals surface area contributed by atoms with Crippen molar-refractivity contribution in [3.63, 3.8) is 0 Å². The summed E-state index contributed by atoms with van der Waals surface area (Å²) in [4.78, 5) is 11.5. The van der Waals surface area contributed by atoms with Gasteiger partial charge >= 0.3 is 5.97 Å². The van der Waals surface area contributed by atoms with Gasteiger partial charge in [0.25, 0.3) is 0 Å². The van der Waals surface area contributed by atoms with Gasteiger partial charge < -0.3 is 15.6 Å². The Bertz CT molecular complexity index is 635. The predicted molar refractivity (Wildman–Crippen MR) is 74.0 cm³/mol. The zero-order valence-electron chi connectivity index (χ0n) is 10.8. The third-order valence-electron chi connectivity index (χ3n) is 2.88. The molecule has 2 rings (SSSR count). The lowest BCUT2D eigenvalue weighted by Gasteiger charge is -2.10. The lowest BCUT2D eigenvalue weighted by Crippen LogP contribution is -2.01. The molecule has 0 saturated heterocycles. The fourth-order valence-corrected chi connectivity index (χ4v) is 1.96. The van der Waals surface area contributed by atoms with Crippen LogP contribution in [0.1, 0.15) is 15.9 Å². The number of phenols is 1. The van der Waals surface area contributed by atoms with E-state index < -0.39 is 5.97 Å². The standard InChI is InChI=1S/C15H15NO3/c1-9-6-12(14(17)13(16)7-9)10-4-3-5-11(8-10)15(18)19-2/h3-8,17H,16H2,1-2H3. The molecule has 0 fully saturated rings. The van der Waals surface area contributed by atoms with Crippen LogP contribution in [0.4, 0.5) is 5.69 Å². The molecule has 0 spiro atoms. The number of rotatable bonds is 2. The number of carbonyl (C=O) groups is 1. The molecule has 3 N–H and O–H groups in total. The van der Waals surface area contributed by atoms with Crippen LogP contribution in [0.25, 0.3) is 11.1 Å². The average Bonchev–Trinajstić information content (AvgIpc) is 2.42. The maximum absolute atomic E-state index is 11.5. The molecule has 98 valence electrons. The molecule has 0 aliphatic heterocycles. The maximum atomic E-state index is 11.5. The summed E-state index contributed by atoms with van der Waals surface area (Å²) in [5.41, 5.74) is 8.75. The van der Waals surface area contributed by atoms with E-state index in [1.54, 1.807) is 30.3 Å². The zero-order chi connectivity index (χ0) is 14.0. The van der Waals surface area contributed by atoms with E-state index in [9.17, 15) is 9.90 Å². The minimum absolute atomic E-state index is 0.0209. The summed E-state index contributed by atoms with van der Waals surface area (Å²) in [6.45, 7) is 1.89. The first-order valence-electron chi connectivity index (χ1n) is 5.80. The van der Waals surface area contributed by atoms with E-state index in [1.165, 1.54) is 7.11 Å². The number of aromatic hydroxyl groups is 1. The fourth-order valence-electron chi connectivity index (χ4n) is 1.96. The number of aryl methyl sites for hydroxylation is 1. The van der Waals surface area contributed by atoms with E-state index >= 15 is 0 Å². The summed E-state index contributed by atoms with van der Waals surface area (Å²) >= 11 is 0. The normalized spacial score (nSPS) is 10.2. The zero-order valence-corrected chi connectivity index (χ0v) is 10.8. The number of nitrogens with two attached hydrogens (primary N) is 1. The van der Waals surface area contributed by atoms with Gasteiger partial charge in [0, 0.05) is 5.56 Å². The highest BCUT2D eigenvalue weighted by molar-refractivity contribution is 5.91. The molecule has 0 aliphatic carbocycles. The van der Waals surface area contributed by atoms with Crippen molar-refractivity contribution in [2.24, 2.45) is 0 Å². The average molecular weight is 257 g/mol. The first-order chi connectivity index (χ1) is 9.02. The molecule has 0 radical (unpaired) electrons. The Morgan fingerprint density at radius 3 is 2.68 bits per heavy atom.